The monoisotopic (exact) mass is 345 g/mol. The third kappa shape index (κ3) is 3.71. The van der Waals surface area contributed by atoms with Crippen molar-refractivity contribution in [3.63, 3.8) is 0 Å². The van der Waals surface area contributed by atoms with Gasteiger partial charge in [-0.25, -0.2) is 0 Å². The largest absolute Gasteiger partial charge is 0.493 e. The fourth-order valence-corrected chi connectivity index (χ4v) is 3.58. The molecule has 24 heavy (non-hydrogen) atoms. The number of aromatic nitrogens is 1. The Morgan fingerprint density at radius 3 is 2.54 bits per heavy atom. The quantitative estimate of drug-likeness (QED) is 0.810. The Morgan fingerprint density at radius 2 is 1.96 bits per heavy atom. The minimum absolute atomic E-state index is 0.0432. The van der Waals surface area contributed by atoms with Crippen LogP contribution in [0, 0.1) is 0 Å². The maximum Gasteiger partial charge on any atom is 0.273 e. The number of nitrogens with zero attached hydrogens (tertiary/aromatic N) is 2. The number of pyridine rings is 1. The van der Waals surface area contributed by atoms with Gasteiger partial charge in [0.2, 0.25) is 9.04 Å². The van der Waals surface area contributed by atoms with Crippen LogP contribution in [0.2, 0.25) is 6.04 Å². The van der Waals surface area contributed by atoms with Crippen LogP contribution in [0.5, 0.6) is 5.75 Å². The molecule has 0 aliphatic carbocycles. The van der Waals surface area contributed by atoms with Crippen LogP contribution < -0.4 is 20.4 Å². The Labute approximate surface area is 144 Å². The first-order valence-electron chi connectivity index (χ1n) is 8.09. The first kappa shape index (κ1) is 18.3. The van der Waals surface area contributed by atoms with Crippen molar-refractivity contribution in [3.8, 4) is 16.9 Å². The van der Waals surface area contributed by atoms with E-state index >= 15 is 0 Å². The minimum Gasteiger partial charge on any atom is -0.493 e. The van der Waals surface area contributed by atoms with Crippen LogP contribution >= 0.6 is 0 Å². The highest BCUT2D eigenvalue weighted by molar-refractivity contribution is 6.66. The molecule has 2 rings (SSSR count). The molecule has 6 heteroatoms. The molecule has 0 aliphatic rings. The molecule has 0 unspecified atom stereocenters. The summed E-state index contributed by atoms with van der Waals surface area (Å²) in [5.41, 5.74) is 2.38. The summed E-state index contributed by atoms with van der Waals surface area (Å²) in [5.74, 6) is 0.760. The SMILES string of the molecule is CCOc1ccc([Si](O)CC)cc1-c1cc(N(C)C)c(=O)n(C)c1. The fourth-order valence-electron chi connectivity index (χ4n) is 2.58. The standard InChI is InChI=1S/C18H25N2O3Si/c1-6-23-17-9-8-14(24(22)7-2)11-15(17)13-10-16(19(3)4)18(21)20(5)12-13/h8-12,22H,6-7H2,1-5H3. The molecule has 0 fully saturated rings. The van der Waals surface area contributed by atoms with Crippen LogP contribution in [0.25, 0.3) is 11.1 Å². The Hall–Kier alpha value is -2.05. The van der Waals surface area contributed by atoms with Gasteiger partial charge in [0.15, 0.2) is 0 Å². The van der Waals surface area contributed by atoms with Crippen molar-refractivity contribution >= 4 is 19.9 Å². The van der Waals surface area contributed by atoms with Crippen LogP contribution in [-0.4, -0.2) is 39.1 Å². The van der Waals surface area contributed by atoms with Gasteiger partial charge in [0, 0.05) is 38.5 Å². The second-order valence-corrected chi connectivity index (χ2v) is 8.05. The second-order valence-electron chi connectivity index (χ2n) is 5.87. The van der Waals surface area contributed by atoms with E-state index in [1.807, 2.05) is 63.3 Å². The summed E-state index contributed by atoms with van der Waals surface area (Å²) in [6.07, 6.45) is 1.81. The van der Waals surface area contributed by atoms with Gasteiger partial charge in [0.1, 0.15) is 11.4 Å². The van der Waals surface area contributed by atoms with E-state index in [0.717, 1.165) is 28.1 Å². The Kier molecular flexibility index (Phi) is 5.85. The normalized spacial score (nSPS) is 11.0. The van der Waals surface area contributed by atoms with Crippen LogP contribution in [-0.2, 0) is 7.05 Å². The number of benzene rings is 1. The molecule has 0 saturated carbocycles. The molecular weight excluding hydrogens is 320 g/mol. The van der Waals surface area contributed by atoms with Crippen molar-refractivity contribution in [1.29, 1.82) is 0 Å². The fraction of sp³-hybridized carbons (Fsp3) is 0.389. The first-order valence-corrected chi connectivity index (χ1v) is 9.74. The smallest absolute Gasteiger partial charge is 0.273 e. The summed E-state index contributed by atoms with van der Waals surface area (Å²) in [6, 6.07) is 8.45. The molecule has 0 aliphatic heterocycles. The highest BCUT2D eigenvalue weighted by atomic mass is 28.3. The lowest BCUT2D eigenvalue weighted by atomic mass is 10.1. The van der Waals surface area contributed by atoms with Gasteiger partial charge < -0.3 is 19.0 Å². The van der Waals surface area contributed by atoms with E-state index < -0.39 is 9.04 Å². The highest BCUT2D eigenvalue weighted by Gasteiger charge is 2.16. The predicted molar refractivity (Wildman–Crippen MR) is 101 cm³/mol. The van der Waals surface area contributed by atoms with Gasteiger partial charge in [-0.05, 0) is 36.4 Å². The maximum absolute atomic E-state index is 12.3. The summed E-state index contributed by atoms with van der Waals surface area (Å²) >= 11 is 0. The summed E-state index contributed by atoms with van der Waals surface area (Å²) in [5, 5.41) is 0.946. The topological polar surface area (TPSA) is 54.7 Å². The number of ether oxygens (including phenoxy) is 1. The van der Waals surface area contributed by atoms with E-state index in [9.17, 15) is 9.59 Å². The Bertz CT molecular complexity index is 771. The van der Waals surface area contributed by atoms with E-state index in [1.165, 1.54) is 0 Å². The number of hydrogen-bond donors (Lipinski definition) is 1. The van der Waals surface area contributed by atoms with E-state index in [-0.39, 0.29) is 5.56 Å². The predicted octanol–water partition coefficient (Wildman–Crippen LogP) is 1.73. The zero-order chi connectivity index (χ0) is 17.9. The molecule has 1 N–H and O–H groups in total. The zero-order valence-corrected chi connectivity index (χ0v) is 16.0. The van der Waals surface area contributed by atoms with E-state index in [2.05, 4.69) is 0 Å². The summed E-state index contributed by atoms with van der Waals surface area (Å²) in [6.45, 7) is 4.49. The lowest BCUT2D eigenvalue weighted by Gasteiger charge is -2.18. The number of hydrogen-bond acceptors (Lipinski definition) is 4. The van der Waals surface area contributed by atoms with Crippen molar-refractivity contribution in [2.75, 3.05) is 25.6 Å². The van der Waals surface area contributed by atoms with Gasteiger partial charge in [0.25, 0.3) is 5.56 Å². The van der Waals surface area contributed by atoms with Crippen molar-refractivity contribution in [3.05, 3.63) is 40.8 Å². The summed E-state index contributed by atoms with van der Waals surface area (Å²) in [4.78, 5) is 24.4. The van der Waals surface area contributed by atoms with E-state index in [4.69, 9.17) is 4.74 Å². The molecule has 1 radical (unpaired) electrons. The van der Waals surface area contributed by atoms with Gasteiger partial charge in [-0.15, -0.1) is 0 Å². The lowest BCUT2D eigenvalue weighted by molar-refractivity contribution is 0.341. The van der Waals surface area contributed by atoms with Crippen LogP contribution in [0.1, 0.15) is 13.8 Å². The second kappa shape index (κ2) is 7.68. The third-order valence-electron chi connectivity index (χ3n) is 3.90. The Morgan fingerprint density at radius 1 is 1.25 bits per heavy atom. The minimum atomic E-state index is -1.55. The van der Waals surface area contributed by atoms with Crippen molar-refractivity contribution in [2.45, 2.75) is 19.9 Å². The molecule has 0 bridgehead atoms. The molecule has 2 aromatic rings. The van der Waals surface area contributed by atoms with Gasteiger partial charge in [-0.1, -0.05) is 13.0 Å². The number of rotatable bonds is 6. The average molecular weight is 345 g/mol. The van der Waals surface area contributed by atoms with Crippen molar-refractivity contribution in [2.24, 2.45) is 7.05 Å². The van der Waals surface area contributed by atoms with E-state index in [0.29, 0.717) is 12.3 Å². The summed E-state index contributed by atoms with van der Waals surface area (Å²) < 4.78 is 7.34. The third-order valence-corrected chi connectivity index (χ3v) is 5.55. The number of anilines is 1. The van der Waals surface area contributed by atoms with Gasteiger partial charge in [-0.2, -0.15) is 0 Å². The van der Waals surface area contributed by atoms with Gasteiger partial charge in [0.05, 0.1) is 6.61 Å². The molecule has 5 nitrogen and oxygen atoms in total. The Balaban J connectivity index is 2.67. The molecule has 0 amide bonds. The van der Waals surface area contributed by atoms with Crippen LogP contribution in [0.15, 0.2) is 35.3 Å². The van der Waals surface area contributed by atoms with E-state index in [1.54, 1.807) is 11.6 Å². The molecule has 0 spiro atoms. The molecule has 0 saturated heterocycles. The van der Waals surface area contributed by atoms with Crippen LogP contribution in [0.4, 0.5) is 5.69 Å². The van der Waals surface area contributed by atoms with Gasteiger partial charge >= 0.3 is 0 Å². The highest BCUT2D eigenvalue weighted by Crippen LogP contribution is 2.30. The molecule has 129 valence electrons. The summed E-state index contributed by atoms with van der Waals surface area (Å²) in [7, 11) is 3.91. The average Bonchev–Trinajstić information content (AvgIpc) is 2.56. The van der Waals surface area contributed by atoms with Crippen molar-refractivity contribution in [1.82, 2.24) is 4.57 Å². The zero-order valence-electron chi connectivity index (χ0n) is 15.0. The van der Waals surface area contributed by atoms with Crippen molar-refractivity contribution < 1.29 is 9.53 Å². The maximum atomic E-state index is 12.3. The molecule has 1 aromatic heterocycles. The molecular formula is C18H25N2O3Si. The number of aryl methyl sites for hydroxylation is 1. The molecule has 0 atom stereocenters. The van der Waals surface area contributed by atoms with Crippen LogP contribution in [0.3, 0.4) is 0 Å². The van der Waals surface area contributed by atoms with Gasteiger partial charge in [-0.3, -0.25) is 4.79 Å². The lowest BCUT2D eigenvalue weighted by Crippen LogP contribution is -2.29. The molecule has 1 heterocycles. The molecule has 1 aromatic carbocycles. The first-order chi connectivity index (χ1) is 11.4.